The van der Waals surface area contributed by atoms with Crippen LogP contribution in [-0.4, -0.2) is 18.1 Å². The van der Waals surface area contributed by atoms with Crippen molar-refractivity contribution in [2.75, 3.05) is 13.2 Å². The fourth-order valence-corrected chi connectivity index (χ4v) is 1.93. The summed E-state index contributed by atoms with van der Waals surface area (Å²) in [6.45, 7) is 3.32. The van der Waals surface area contributed by atoms with Crippen LogP contribution in [-0.2, 0) is 6.42 Å². The second-order valence-corrected chi connectivity index (χ2v) is 4.37. The minimum atomic E-state index is 0.213. The van der Waals surface area contributed by atoms with Crippen molar-refractivity contribution in [2.45, 2.75) is 19.3 Å². The number of hydrogen-bond acceptors (Lipinski definition) is 2. The Balaban J connectivity index is 1.97. The van der Waals surface area contributed by atoms with E-state index in [0.717, 1.165) is 17.9 Å². The number of H-pyrrole nitrogens is 1. The van der Waals surface area contributed by atoms with Gasteiger partial charge in [0.2, 0.25) is 0 Å². The molecule has 1 aromatic carbocycles. The molecule has 1 heterocycles. The van der Waals surface area contributed by atoms with Gasteiger partial charge in [-0.15, -0.1) is 0 Å². The Morgan fingerprint density at radius 2 is 2.17 bits per heavy atom. The second kappa shape index (κ2) is 6.26. The van der Waals surface area contributed by atoms with Gasteiger partial charge in [0, 0.05) is 24.4 Å². The van der Waals surface area contributed by atoms with E-state index in [1.807, 2.05) is 30.5 Å². The zero-order valence-corrected chi connectivity index (χ0v) is 10.7. The van der Waals surface area contributed by atoms with Crippen LogP contribution in [0.3, 0.4) is 0 Å². The monoisotopic (exact) mass is 244 g/mol. The highest BCUT2D eigenvalue weighted by molar-refractivity contribution is 5.28. The molecule has 1 unspecified atom stereocenters. The number of aryl methyl sites for hydroxylation is 1. The molecule has 0 amide bonds. The summed E-state index contributed by atoms with van der Waals surface area (Å²) in [5.74, 6) is 1.13. The summed E-state index contributed by atoms with van der Waals surface area (Å²) in [4.78, 5) is 3.19. The Hall–Kier alpha value is -1.74. The van der Waals surface area contributed by atoms with Crippen molar-refractivity contribution in [1.82, 2.24) is 4.98 Å². The van der Waals surface area contributed by atoms with Crippen molar-refractivity contribution in [2.24, 2.45) is 5.73 Å². The molecule has 3 heteroatoms. The Labute approximate surface area is 108 Å². The van der Waals surface area contributed by atoms with Crippen LogP contribution in [0.5, 0.6) is 5.75 Å². The van der Waals surface area contributed by atoms with E-state index >= 15 is 0 Å². The van der Waals surface area contributed by atoms with Gasteiger partial charge in [0.15, 0.2) is 0 Å². The highest BCUT2D eigenvalue weighted by atomic mass is 16.5. The van der Waals surface area contributed by atoms with Gasteiger partial charge in [0.1, 0.15) is 5.75 Å². The lowest BCUT2D eigenvalue weighted by molar-refractivity contribution is 0.288. The van der Waals surface area contributed by atoms with Gasteiger partial charge < -0.3 is 15.5 Å². The molecule has 0 saturated heterocycles. The van der Waals surface area contributed by atoms with Crippen molar-refractivity contribution in [1.29, 1.82) is 0 Å². The predicted octanol–water partition coefficient (Wildman–Crippen LogP) is 2.70. The standard InChI is InChI=1S/C15H20N2O/c1-2-12-5-3-6-14(9-12)18-11-13(10-16)15-7-4-8-17-15/h3-9,13,17H,2,10-11,16H2,1H3. The maximum atomic E-state index is 5.83. The molecule has 96 valence electrons. The smallest absolute Gasteiger partial charge is 0.119 e. The molecule has 0 fully saturated rings. The molecular formula is C15H20N2O. The summed E-state index contributed by atoms with van der Waals surface area (Å²) in [6, 6.07) is 12.2. The fraction of sp³-hybridized carbons (Fsp3) is 0.333. The average Bonchev–Trinajstić information content (AvgIpc) is 2.94. The number of aromatic nitrogens is 1. The Morgan fingerprint density at radius 3 is 2.83 bits per heavy atom. The molecule has 0 bridgehead atoms. The van der Waals surface area contributed by atoms with Crippen LogP contribution in [0, 0.1) is 0 Å². The molecule has 0 aliphatic carbocycles. The largest absolute Gasteiger partial charge is 0.493 e. The third kappa shape index (κ3) is 3.14. The van der Waals surface area contributed by atoms with Crippen molar-refractivity contribution in [3.63, 3.8) is 0 Å². The van der Waals surface area contributed by atoms with Crippen LogP contribution >= 0.6 is 0 Å². The van der Waals surface area contributed by atoms with Gasteiger partial charge in [-0.25, -0.2) is 0 Å². The van der Waals surface area contributed by atoms with E-state index in [-0.39, 0.29) is 5.92 Å². The minimum Gasteiger partial charge on any atom is -0.493 e. The fourth-order valence-electron chi connectivity index (χ4n) is 1.93. The van der Waals surface area contributed by atoms with Gasteiger partial charge in [-0.3, -0.25) is 0 Å². The number of nitrogens with two attached hydrogens (primary N) is 1. The molecule has 1 aromatic heterocycles. The molecule has 18 heavy (non-hydrogen) atoms. The maximum absolute atomic E-state index is 5.83. The summed E-state index contributed by atoms with van der Waals surface area (Å²) >= 11 is 0. The van der Waals surface area contributed by atoms with E-state index in [0.29, 0.717) is 13.2 Å². The number of rotatable bonds is 6. The van der Waals surface area contributed by atoms with Gasteiger partial charge in [-0.1, -0.05) is 19.1 Å². The van der Waals surface area contributed by atoms with Crippen LogP contribution in [0.2, 0.25) is 0 Å². The molecule has 1 atom stereocenters. The van der Waals surface area contributed by atoms with Crippen molar-refractivity contribution in [3.8, 4) is 5.75 Å². The molecule has 0 aliphatic rings. The SMILES string of the molecule is CCc1cccc(OCC(CN)c2ccc[nH]2)c1. The molecule has 3 nitrogen and oxygen atoms in total. The normalized spacial score (nSPS) is 12.3. The third-order valence-electron chi connectivity index (χ3n) is 3.10. The topological polar surface area (TPSA) is 51.0 Å². The number of ether oxygens (including phenoxy) is 1. The Bertz CT molecular complexity index is 465. The first-order valence-electron chi connectivity index (χ1n) is 6.38. The first-order valence-corrected chi connectivity index (χ1v) is 6.38. The molecule has 0 saturated carbocycles. The summed E-state index contributed by atoms with van der Waals surface area (Å²) in [5.41, 5.74) is 8.20. The van der Waals surface area contributed by atoms with E-state index in [4.69, 9.17) is 10.5 Å². The van der Waals surface area contributed by atoms with Gasteiger partial charge in [-0.05, 0) is 36.2 Å². The second-order valence-electron chi connectivity index (χ2n) is 4.37. The van der Waals surface area contributed by atoms with E-state index < -0.39 is 0 Å². The highest BCUT2D eigenvalue weighted by Gasteiger charge is 2.11. The van der Waals surface area contributed by atoms with Gasteiger partial charge in [-0.2, -0.15) is 0 Å². The molecule has 0 aliphatic heterocycles. The number of nitrogens with one attached hydrogen (secondary N) is 1. The average molecular weight is 244 g/mol. The quantitative estimate of drug-likeness (QED) is 0.821. The van der Waals surface area contributed by atoms with E-state index in [1.54, 1.807) is 0 Å². The van der Waals surface area contributed by atoms with E-state index in [2.05, 4.69) is 24.0 Å². The van der Waals surface area contributed by atoms with Crippen LogP contribution in [0.25, 0.3) is 0 Å². The first kappa shape index (κ1) is 12.7. The predicted molar refractivity (Wildman–Crippen MR) is 73.9 cm³/mol. The lowest BCUT2D eigenvalue weighted by atomic mass is 10.1. The maximum Gasteiger partial charge on any atom is 0.119 e. The van der Waals surface area contributed by atoms with E-state index in [9.17, 15) is 0 Å². The highest BCUT2D eigenvalue weighted by Crippen LogP contribution is 2.17. The van der Waals surface area contributed by atoms with Gasteiger partial charge in [0.05, 0.1) is 6.61 Å². The van der Waals surface area contributed by atoms with Crippen LogP contribution in [0.4, 0.5) is 0 Å². The summed E-state index contributed by atoms with van der Waals surface area (Å²) in [6.07, 6.45) is 2.93. The summed E-state index contributed by atoms with van der Waals surface area (Å²) in [5, 5.41) is 0. The van der Waals surface area contributed by atoms with E-state index in [1.165, 1.54) is 5.56 Å². The molecule has 2 rings (SSSR count). The van der Waals surface area contributed by atoms with Crippen molar-refractivity contribution < 1.29 is 4.74 Å². The van der Waals surface area contributed by atoms with Crippen LogP contribution in [0.1, 0.15) is 24.1 Å². The first-order chi connectivity index (χ1) is 8.83. The van der Waals surface area contributed by atoms with Crippen LogP contribution in [0.15, 0.2) is 42.6 Å². The van der Waals surface area contributed by atoms with Gasteiger partial charge in [0.25, 0.3) is 0 Å². The molecule has 0 radical (unpaired) electrons. The number of hydrogen-bond donors (Lipinski definition) is 2. The number of aromatic amines is 1. The Morgan fingerprint density at radius 1 is 1.28 bits per heavy atom. The zero-order valence-electron chi connectivity index (χ0n) is 10.7. The Kier molecular flexibility index (Phi) is 4.42. The van der Waals surface area contributed by atoms with Gasteiger partial charge >= 0.3 is 0 Å². The van der Waals surface area contributed by atoms with Crippen LogP contribution < -0.4 is 10.5 Å². The minimum absolute atomic E-state index is 0.213. The summed E-state index contributed by atoms with van der Waals surface area (Å²) < 4.78 is 5.83. The van der Waals surface area contributed by atoms with Crippen molar-refractivity contribution in [3.05, 3.63) is 53.9 Å². The van der Waals surface area contributed by atoms with Crippen molar-refractivity contribution >= 4 is 0 Å². The third-order valence-corrected chi connectivity index (χ3v) is 3.10. The molecule has 2 aromatic rings. The molecule has 3 N–H and O–H groups in total. The lowest BCUT2D eigenvalue weighted by Gasteiger charge is -2.15. The lowest BCUT2D eigenvalue weighted by Crippen LogP contribution is -2.20. The molecule has 0 spiro atoms. The summed E-state index contributed by atoms with van der Waals surface area (Å²) in [7, 11) is 0. The number of benzene rings is 1. The zero-order chi connectivity index (χ0) is 12.8. The molecular weight excluding hydrogens is 224 g/mol.